The third-order valence-corrected chi connectivity index (χ3v) is 8.92. The van der Waals surface area contributed by atoms with Gasteiger partial charge in [0.2, 0.25) is 0 Å². The zero-order valence-electron chi connectivity index (χ0n) is 21.1. The highest BCUT2D eigenvalue weighted by Gasteiger charge is 2.30. The summed E-state index contributed by atoms with van der Waals surface area (Å²) in [5, 5.41) is 0.734. The van der Waals surface area contributed by atoms with Crippen LogP contribution in [-0.2, 0) is 29.6 Å². The minimum Gasteiger partial charge on any atom is -0.465 e. The molecule has 0 saturated carbocycles. The molecule has 0 bridgehead atoms. The molecule has 0 fully saturated rings. The maximum absolute atomic E-state index is 13.7. The number of esters is 1. The Morgan fingerprint density at radius 3 is 1.97 bits per heavy atom. The molecule has 11 heteroatoms. The molecular weight excluding hydrogens is 526 g/mol. The van der Waals surface area contributed by atoms with Crippen molar-refractivity contribution in [3.8, 4) is 0 Å². The van der Waals surface area contributed by atoms with E-state index in [9.17, 15) is 21.6 Å². The number of carbonyl (C=O) groups excluding carboxylic acids is 1. The Balaban J connectivity index is 1.84. The minimum atomic E-state index is -4.22. The number of ether oxygens (including phenoxy) is 1. The molecule has 3 aromatic carbocycles. The molecule has 0 unspecified atom stereocenters. The van der Waals surface area contributed by atoms with Crippen LogP contribution in [0.4, 0.5) is 11.5 Å². The van der Waals surface area contributed by atoms with Crippen LogP contribution in [0.2, 0.25) is 0 Å². The van der Waals surface area contributed by atoms with Gasteiger partial charge in [0, 0.05) is 10.8 Å². The number of pyridine rings is 1. The number of sulfonamides is 2. The number of rotatable bonds is 9. The van der Waals surface area contributed by atoms with Crippen LogP contribution in [-0.4, -0.2) is 40.9 Å². The lowest BCUT2D eigenvalue weighted by molar-refractivity contribution is -0.141. The zero-order valence-corrected chi connectivity index (χ0v) is 22.7. The number of nitrogens with one attached hydrogen (secondary N) is 1. The average Bonchev–Trinajstić information content (AvgIpc) is 2.88. The summed E-state index contributed by atoms with van der Waals surface area (Å²) in [7, 11) is -8.19. The second-order valence-electron chi connectivity index (χ2n) is 8.59. The molecule has 9 nitrogen and oxygen atoms in total. The topological polar surface area (TPSA) is 123 Å². The lowest BCUT2D eigenvalue weighted by atomic mass is 10.1. The molecule has 4 rings (SSSR count). The second-order valence-corrected chi connectivity index (χ2v) is 12.1. The van der Waals surface area contributed by atoms with E-state index in [0.717, 1.165) is 15.4 Å². The molecule has 38 heavy (non-hydrogen) atoms. The maximum atomic E-state index is 13.7. The van der Waals surface area contributed by atoms with E-state index in [1.54, 1.807) is 55.5 Å². The van der Waals surface area contributed by atoms with Crippen molar-refractivity contribution in [3.63, 3.8) is 0 Å². The molecule has 0 aliphatic rings. The molecule has 0 radical (unpaired) electrons. The standard InChI is InChI=1S/C27H27N3O6S2/c1-4-36-26(31)18-30(38(34,35)22-15-11-20(3)12-16-22)25-17-28-27(24-8-6-5-7-23(24)25)29-37(32,33)21-13-9-19(2)10-14-21/h5-17H,4,18H2,1-3H3,(H,28,29). The van der Waals surface area contributed by atoms with Gasteiger partial charge in [-0.05, 0) is 45.0 Å². The highest BCUT2D eigenvalue weighted by atomic mass is 32.2. The van der Waals surface area contributed by atoms with Crippen molar-refractivity contribution in [3.05, 3.63) is 90.1 Å². The average molecular weight is 554 g/mol. The van der Waals surface area contributed by atoms with Gasteiger partial charge in [-0.25, -0.2) is 21.8 Å². The quantitative estimate of drug-likeness (QED) is 0.305. The molecule has 1 N–H and O–H groups in total. The smallest absolute Gasteiger partial charge is 0.326 e. The van der Waals surface area contributed by atoms with Crippen LogP contribution in [0.15, 0.2) is 88.8 Å². The van der Waals surface area contributed by atoms with Crippen molar-refractivity contribution in [2.24, 2.45) is 0 Å². The van der Waals surface area contributed by atoms with Gasteiger partial charge in [0.25, 0.3) is 20.0 Å². The predicted molar refractivity (Wildman–Crippen MR) is 146 cm³/mol. The third-order valence-electron chi connectivity index (χ3n) is 5.79. The number of aromatic nitrogens is 1. The summed E-state index contributed by atoms with van der Waals surface area (Å²) in [6.07, 6.45) is 1.24. The van der Waals surface area contributed by atoms with Gasteiger partial charge in [0.05, 0.1) is 28.3 Å². The minimum absolute atomic E-state index is 0.0133. The summed E-state index contributed by atoms with van der Waals surface area (Å²) in [4.78, 5) is 16.8. The van der Waals surface area contributed by atoms with Crippen molar-refractivity contribution in [2.45, 2.75) is 30.6 Å². The van der Waals surface area contributed by atoms with Crippen molar-refractivity contribution < 1.29 is 26.4 Å². The Morgan fingerprint density at radius 2 is 1.39 bits per heavy atom. The molecule has 0 aliphatic heterocycles. The number of nitrogens with zero attached hydrogens (tertiary/aromatic N) is 2. The molecule has 198 valence electrons. The van der Waals surface area contributed by atoms with E-state index in [1.165, 1.54) is 30.5 Å². The highest BCUT2D eigenvalue weighted by molar-refractivity contribution is 7.93. The van der Waals surface area contributed by atoms with Crippen molar-refractivity contribution >= 4 is 48.3 Å². The molecule has 0 atom stereocenters. The van der Waals surface area contributed by atoms with Gasteiger partial charge in [-0.3, -0.25) is 13.8 Å². The number of hydrogen-bond acceptors (Lipinski definition) is 7. The van der Waals surface area contributed by atoms with Gasteiger partial charge in [-0.1, -0.05) is 59.7 Å². The summed E-state index contributed by atoms with van der Waals surface area (Å²) in [6, 6.07) is 19.2. The van der Waals surface area contributed by atoms with Crippen molar-refractivity contribution in [1.82, 2.24) is 4.98 Å². The number of hydrogen-bond donors (Lipinski definition) is 1. The lowest BCUT2D eigenvalue weighted by Crippen LogP contribution is -2.37. The SMILES string of the molecule is CCOC(=O)CN(c1cnc(NS(=O)(=O)c2ccc(C)cc2)c2ccccc12)S(=O)(=O)c1ccc(C)cc1. The fourth-order valence-electron chi connectivity index (χ4n) is 3.82. The van der Waals surface area contributed by atoms with Crippen LogP contribution >= 0.6 is 0 Å². The number of aryl methyl sites for hydroxylation is 2. The number of fused-ring (bicyclic) bond motifs is 1. The zero-order chi connectivity index (χ0) is 27.5. The Morgan fingerprint density at radius 1 is 0.842 bits per heavy atom. The lowest BCUT2D eigenvalue weighted by Gasteiger charge is -2.25. The predicted octanol–water partition coefficient (Wildman–Crippen LogP) is 4.41. The largest absolute Gasteiger partial charge is 0.465 e. The Bertz CT molecular complexity index is 1690. The monoisotopic (exact) mass is 553 g/mol. The van der Waals surface area contributed by atoms with E-state index in [1.807, 2.05) is 13.8 Å². The van der Waals surface area contributed by atoms with Crippen LogP contribution in [0.5, 0.6) is 0 Å². The van der Waals surface area contributed by atoms with Gasteiger partial charge in [0.1, 0.15) is 12.4 Å². The van der Waals surface area contributed by atoms with E-state index in [4.69, 9.17) is 4.74 Å². The molecule has 0 aliphatic carbocycles. The first-order chi connectivity index (χ1) is 18.0. The Labute approximate surface area is 222 Å². The maximum Gasteiger partial charge on any atom is 0.326 e. The first-order valence-electron chi connectivity index (χ1n) is 11.7. The molecule has 1 aromatic heterocycles. The Hall–Kier alpha value is -3.96. The first kappa shape index (κ1) is 27.1. The van der Waals surface area contributed by atoms with Crippen LogP contribution < -0.4 is 9.03 Å². The third kappa shape index (κ3) is 5.63. The normalized spacial score (nSPS) is 11.8. The second kappa shape index (κ2) is 10.8. The molecule has 0 saturated heterocycles. The van der Waals surface area contributed by atoms with Gasteiger partial charge < -0.3 is 4.74 Å². The number of anilines is 2. The van der Waals surface area contributed by atoms with Crippen LogP contribution in [0, 0.1) is 13.8 Å². The van der Waals surface area contributed by atoms with E-state index < -0.39 is 32.6 Å². The number of carbonyl (C=O) groups is 1. The van der Waals surface area contributed by atoms with Crippen molar-refractivity contribution in [2.75, 3.05) is 22.2 Å². The van der Waals surface area contributed by atoms with Gasteiger partial charge >= 0.3 is 5.97 Å². The fraction of sp³-hybridized carbons (Fsp3) is 0.185. The highest BCUT2D eigenvalue weighted by Crippen LogP contribution is 2.34. The van der Waals surface area contributed by atoms with E-state index in [2.05, 4.69) is 9.71 Å². The molecule has 0 spiro atoms. The summed E-state index contributed by atoms with van der Waals surface area (Å²) in [5.41, 5.74) is 1.89. The molecule has 0 amide bonds. The first-order valence-corrected chi connectivity index (χ1v) is 14.7. The summed E-state index contributed by atoms with van der Waals surface area (Å²) in [6.45, 7) is 4.80. The Kier molecular flexibility index (Phi) is 7.70. The number of benzene rings is 3. The van der Waals surface area contributed by atoms with Crippen molar-refractivity contribution in [1.29, 1.82) is 0 Å². The van der Waals surface area contributed by atoms with Crippen LogP contribution in [0.3, 0.4) is 0 Å². The summed E-state index contributed by atoms with van der Waals surface area (Å²) >= 11 is 0. The van der Waals surface area contributed by atoms with E-state index >= 15 is 0 Å². The molecule has 1 heterocycles. The van der Waals surface area contributed by atoms with Gasteiger partial charge in [-0.15, -0.1) is 0 Å². The van der Waals surface area contributed by atoms with Crippen LogP contribution in [0.1, 0.15) is 18.1 Å². The van der Waals surface area contributed by atoms with E-state index in [0.29, 0.717) is 10.8 Å². The molecule has 4 aromatic rings. The molecular formula is C27H27N3O6S2. The van der Waals surface area contributed by atoms with Gasteiger partial charge in [-0.2, -0.15) is 0 Å². The van der Waals surface area contributed by atoms with Gasteiger partial charge in [0.15, 0.2) is 0 Å². The fourth-order valence-corrected chi connectivity index (χ4v) is 6.27. The summed E-state index contributed by atoms with van der Waals surface area (Å²) < 4.78 is 62.0. The van der Waals surface area contributed by atoms with E-state index in [-0.39, 0.29) is 27.9 Å². The summed E-state index contributed by atoms with van der Waals surface area (Å²) in [5.74, 6) is -0.717. The van der Waals surface area contributed by atoms with Crippen LogP contribution in [0.25, 0.3) is 10.8 Å².